The molecule has 2 heteroatoms. The first-order chi connectivity index (χ1) is 16.8. The molecular formula is C32H46O2. The summed E-state index contributed by atoms with van der Waals surface area (Å²) in [7, 11) is 0. The highest BCUT2D eigenvalue weighted by Gasteiger charge is 2.05. The highest BCUT2D eigenvalue weighted by Crippen LogP contribution is 2.27. The lowest BCUT2D eigenvalue weighted by atomic mass is 10.1. The van der Waals surface area contributed by atoms with E-state index in [0.29, 0.717) is 0 Å². The van der Waals surface area contributed by atoms with E-state index in [-0.39, 0.29) is 0 Å². The topological polar surface area (TPSA) is 18.5 Å². The quantitative estimate of drug-likeness (QED) is 0.153. The number of rotatable bonds is 19. The van der Waals surface area contributed by atoms with Crippen molar-refractivity contribution in [1.29, 1.82) is 0 Å². The molecule has 0 aliphatic rings. The second kappa shape index (κ2) is 17.9. The first kappa shape index (κ1) is 27.8. The molecule has 0 atom stereocenters. The summed E-state index contributed by atoms with van der Waals surface area (Å²) in [5.74, 6) is 1.84. The molecule has 0 radical (unpaired) electrons. The predicted molar refractivity (Wildman–Crippen MR) is 150 cm³/mol. The summed E-state index contributed by atoms with van der Waals surface area (Å²) >= 11 is 0. The van der Waals surface area contributed by atoms with Gasteiger partial charge in [0, 0.05) is 5.56 Å². The maximum Gasteiger partial charge on any atom is 0.126 e. The Morgan fingerprint density at radius 3 is 1.94 bits per heavy atom. The van der Waals surface area contributed by atoms with E-state index in [4.69, 9.17) is 9.47 Å². The largest absolute Gasteiger partial charge is 0.494 e. The van der Waals surface area contributed by atoms with E-state index in [9.17, 15) is 0 Å². The van der Waals surface area contributed by atoms with Crippen LogP contribution in [0.15, 0.2) is 49.0 Å². The van der Waals surface area contributed by atoms with Gasteiger partial charge in [0.15, 0.2) is 0 Å². The summed E-state index contributed by atoms with van der Waals surface area (Å²) in [6.07, 6.45) is 21.4. The molecule has 0 amide bonds. The van der Waals surface area contributed by atoms with Crippen LogP contribution in [-0.4, -0.2) is 13.2 Å². The molecule has 0 aromatic heterocycles. The third-order valence-corrected chi connectivity index (χ3v) is 6.11. The summed E-state index contributed by atoms with van der Waals surface area (Å²) in [6, 6.07) is 14.6. The average molecular weight is 463 g/mol. The molecule has 0 aliphatic carbocycles. The van der Waals surface area contributed by atoms with E-state index in [1.165, 1.54) is 64.2 Å². The molecule has 0 N–H and O–H groups in total. The molecule has 0 saturated carbocycles. The summed E-state index contributed by atoms with van der Waals surface area (Å²) < 4.78 is 12.3. The van der Waals surface area contributed by atoms with Gasteiger partial charge in [0.25, 0.3) is 0 Å². The molecule has 2 aromatic carbocycles. The normalized spacial score (nSPS) is 11.1. The van der Waals surface area contributed by atoms with Crippen LogP contribution in [0, 0.1) is 0 Å². The molecule has 0 bridgehead atoms. The van der Waals surface area contributed by atoms with Gasteiger partial charge in [-0.1, -0.05) is 121 Å². The van der Waals surface area contributed by atoms with E-state index in [1.54, 1.807) is 0 Å². The van der Waals surface area contributed by atoms with Gasteiger partial charge in [-0.2, -0.15) is 0 Å². The fraction of sp³-hybridized carbons (Fsp3) is 0.500. The highest BCUT2D eigenvalue weighted by atomic mass is 16.5. The second-order valence-corrected chi connectivity index (χ2v) is 9.14. The highest BCUT2D eigenvalue weighted by molar-refractivity contribution is 5.74. The van der Waals surface area contributed by atoms with Crippen LogP contribution in [-0.2, 0) is 0 Å². The molecule has 2 nitrogen and oxygen atoms in total. The van der Waals surface area contributed by atoms with Crippen molar-refractivity contribution in [2.75, 3.05) is 13.2 Å². The van der Waals surface area contributed by atoms with Gasteiger partial charge < -0.3 is 9.47 Å². The number of unbranched alkanes of at least 4 members (excludes halogenated alkanes) is 10. The SMILES string of the molecule is C=Cc1cccc(C=Cc2cc(OCCCCCCCC)ccc2OCCCCCCCC)c1. The van der Waals surface area contributed by atoms with E-state index < -0.39 is 0 Å². The molecule has 0 aliphatic heterocycles. The lowest BCUT2D eigenvalue weighted by Gasteiger charge is -2.12. The van der Waals surface area contributed by atoms with Crippen molar-refractivity contribution in [2.24, 2.45) is 0 Å². The van der Waals surface area contributed by atoms with Gasteiger partial charge in [0.2, 0.25) is 0 Å². The van der Waals surface area contributed by atoms with Crippen LogP contribution < -0.4 is 9.47 Å². The minimum Gasteiger partial charge on any atom is -0.494 e. The van der Waals surface area contributed by atoms with Crippen LogP contribution in [0.5, 0.6) is 11.5 Å². The fourth-order valence-electron chi connectivity index (χ4n) is 3.99. The predicted octanol–water partition coefficient (Wildman–Crippen LogP) is 9.98. The van der Waals surface area contributed by atoms with E-state index in [0.717, 1.165) is 54.2 Å². The average Bonchev–Trinajstić information content (AvgIpc) is 2.87. The molecule has 0 spiro atoms. The summed E-state index contributed by atoms with van der Waals surface area (Å²) in [5.41, 5.74) is 3.34. The minimum absolute atomic E-state index is 0.761. The van der Waals surface area contributed by atoms with Crippen molar-refractivity contribution in [3.8, 4) is 11.5 Å². The van der Waals surface area contributed by atoms with Crippen molar-refractivity contribution in [1.82, 2.24) is 0 Å². The van der Waals surface area contributed by atoms with Gasteiger partial charge in [0.05, 0.1) is 13.2 Å². The van der Waals surface area contributed by atoms with Crippen LogP contribution in [0.4, 0.5) is 0 Å². The Morgan fingerprint density at radius 2 is 1.26 bits per heavy atom. The summed E-state index contributed by atoms with van der Waals surface area (Å²) in [6.45, 7) is 9.92. The number of hydrogen-bond acceptors (Lipinski definition) is 2. The molecule has 0 heterocycles. The van der Waals surface area contributed by atoms with Crippen molar-refractivity contribution in [2.45, 2.75) is 90.9 Å². The molecule has 2 aromatic rings. The van der Waals surface area contributed by atoms with E-state index >= 15 is 0 Å². The maximum atomic E-state index is 6.19. The van der Waals surface area contributed by atoms with Crippen LogP contribution in [0.25, 0.3) is 18.2 Å². The molecule has 2 rings (SSSR count). The Morgan fingerprint density at radius 1 is 0.647 bits per heavy atom. The van der Waals surface area contributed by atoms with Gasteiger partial charge in [-0.15, -0.1) is 0 Å². The molecule has 0 saturated heterocycles. The molecule has 0 fully saturated rings. The molecule has 186 valence electrons. The van der Waals surface area contributed by atoms with Gasteiger partial charge in [-0.05, 0) is 48.2 Å². The molecule has 34 heavy (non-hydrogen) atoms. The van der Waals surface area contributed by atoms with Crippen molar-refractivity contribution >= 4 is 18.2 Å². The zero-order chi connectivity index (χ0) is 24.3. The number of ether oxygens (including phenoxy) is 2. The summed E-state index contributed by atoms with van der Waals surface area (Å²) in [5, 5.41) is 0. The van der Waals surface area contributed by atoms with E-state index in [1.807, 2.05) is 12.1 Å². The van der Waals surface area contributed by atoms with E-state index in [2.05, 4.69) is 69.0 Å². The Balaban J connectivity index is 1.97. The maximum absolute atomic E-state index is 6.19. The standard InChI is InChI=1S/C32H46O2/c1-4-7-9-11-13-15-24-33-31-22-23-32(34-25-16-14-12-10-8-5-2)30(27-31)21-20-29-19-17-18-28(6-3)26-29/h6,17-23,26-27H,3-5,7-16,24-25H2,1-2H3. The zero-order valence-corrected chi connectivity index (χ0v) is 21.7. The van der Waals surface area contributed by atoms with Gasteiger partial charge >= 0.3 is 0 Å². The molecular weight excluding hydrogens is 416 g/mol. The van der Waals surface area contributed by atoms with Crippen molar-refractivity contribution < 1.29 is 9.47 Å². The van der Waals surface area contributed by atoms with Crippen LogP contribution in [0.3, 0.4) is 0 Å². The first-order valence-electron chi connectivity index (χ1n) is 13.6. The Labute approximate surface area is 209 Å². The Hall–Kier alpha value is -2.48. The minimum atomic E-state index is 0.761. The zero-order valence-electron chi connectivity index (χ0n) is 21.7. The van der Waals surface area contributed by atoms with Gasteiger partial charge in [-0.3, -0.25) is 0 Å². The lowest BCUT2D eigenvalue weighted by Crippen LogP contribution is -2.01. The van der Waals surface area contributed by atoms with Gasteiger partial charge in [-0.25, -0.2) is 0 Å². The Bertz CT molecular complexity index is 837. The second-order valence-electron chi connectivity index (χ2n) is 9.14. The third-order valence-electron chi connectivity index (χ3n) is 6.11. The number of hydrogen-bond donors (Lipinski definition) is 0. The number of benzene rings is 2. The van der Waals surface area contributed by atoms with Crippen molar-refractivity contribution in [3.63, 3.8) is 0 Å². The van der Waals surface area contributed by atoms with Crippen LogP contribution >= 0.6 is 0 Å². The molecule has 0 unspecified atom stereocenters. The summed E-state index contributed by atoms with van der Waals surface area (Å²) in [4.78, 5) is 0. The third kappa shape index (κ3) is 11.6. The monoisotopic (exact) mass is 462 g/mol. The van der Waals surface area contributed by atoms with Crippen LogP contribution in [0.2, 0.25) is 0 Å². The fourth-order valence-corrected chi connectivity index (χ4v) is 3.99. The lowest BCUT2D eigenvalue weighted by molar-refractivity contribution is 0.296. The Kier molecular flexibility index (Phi) is 14.6. The first-order valence-corrected chi connectivity index (χ1v) is 13.6. The van der Waals surface area contributed by atoms with Crippen molar-refractivity contribution in [3.05, 3.63) is 65.7 Å². The van der Waals surface area contributed by atoms with Gasteiger partial charge in [0.1, 0.15) is 11.5 Å². The van der Waals surface area contributed by atoms with Crippen LogP contribution in [0.1, 0.15) is 108 Å². The smallest absolute Gasteiger partial charge is 0.126 e.